The van der Waals surface area contributed by atoms with Gasteiger partial charge in [0.05, 0.1) is 5.34 Å². The third kappa shape index (κ3) is 31.9. The van der Waals surface area contributed by atoms with E-state index < -0.39 is 31.6 Å². The monoisotopic (exact) mass is 1780 g/mol. The second kappa shape index (κ2) is 40.8. The van der Waals surface area contributed by atoms with E-state index in [1.165, 1.54) is 128 Å². The minimum absolute atomic E-state index is 0. The van der Waals surface area contributed by atoms with Crippen molar-refractivity contribution < 1.29 is 109 Å². The van der Waals surface area contributed by atoms with Gasteiger partial charge in [0.25, 0.3) is 5.14 Å². The van der Waals surface area contributed by atoms with E-state index in [2.05, 4.69) is 200 Å². The number of benzene rings is 6. The third-order valence-corrected chi connectivity index (χ3v) is 25.5. The summed E-state index contributed by atoms with van der Waals surface area (Å²) in [6.45, 7) is 0. The van der Waals surface area contributed by atoms with E-state index in [0.29, 0.717) is 22.9 Å². The summed E-state index contributed by atoms with van der Waals surface area (Å²) in [7, 11) is -14.4. The van der Waals surface area contributed by atoms with E-state index in [9.17, 15) is 25.2 Å². The van der Waals surface area contributed by atoms with E-state index >= 15 is 0 Å². The van der Waals surface area contributed by atoms with Crippen molar-refractivity contribution in [3.8, 4) is 17.8 Å². The van der Waals surface area contributed by atoms with Crippen molar-refractivity contribution in [1.82, 2.24) is 0 Å². The van der Waals surface area contributed by atoms with Gasteiger partial charge < -0.3 is 37.0 Å². The molecule has 434 valence electrons. The second-order valence-electron chi connectivity index (χ2n) is 18.4. The zero-order valence-corrected chi connectivity index (χ0v) is 56.0. The number of rotatable bonds is 9. The maximum Gasteiger partial charge on any atom is 1.00 e. The van der Waals surface area contributed by atoms with Gasteiger partial charge in [-0.1, -0.05) is 167 Å². The average Bonchev–Trinajstić information content (AvgIpc) is 3.44. The van der Waals surface area contributed by atoms with Crippen LogP contribution in [-0.4, -0.2) is 10.5 Å². The zero-order valence-electron chi connectivity index (χ0n) is 43.1. The standard InChI is InChI=1S/C37H31P3.3C8H11.CH2Cl2.3Au.Cu.F6P/c1-7-19-31(20-8-1)38(32-21-9-2-10-22-32)37(39(33-23-11-3-12-24-33)34-25-13-4-14-26-34)40(35-27-15-5-16-28-35)36-29-17-6-18-30-36;3*1-2-8-6-4-3-5-7-8;2-1-3;;;;;1-7(2,3,4,5)6/h1-30,37H;3*8H,3-7H2;1H2;;;;;/q;3*-1;;4*+1;-1/p+3. The van der Waals surface area contributed by atoms with Crippen LogP contribution in [-0.2, 0) is 84.2 Å². The first kappa shape index (κ1) is 76.6. The van der Waals surface area contributed by atoms with Crippen LogP contribution in [0.2, 0.25) is 0 Å². The van der Waals surface area contributed by atoms with Gasteiger partial charge in [0.1, 0.15) is 55.6 Å². The van der Waals surface area contributed by atoms with Crippen LogP contribution in [0.15, 0.2) is 182 Å². The molecule has 0 radical (unpaired) electrons. The molecule has 0 aliphatic heterocycles. The van der Waals surface area contributed by atoms with Crippen LogP contribution in [0, 0.1) is 54.8 Å². The first-order chi connectivity index (χ1) is 35.6. The molecule has 0 atom stereocenters. The summed E-state index contributed by atoms with van der Waals surface area (Å²) in [6.07, 6.45) is 39.8. The molecule has 0 bridgehead atoms. The number of hydrogen-bond acceptors (Lipinski definition) is 0. The quantitative estimate of drug-likeness (QED) is 0.0338. The molecule has 0 amide bonds. The van der Waals surface area contributed by atoms with Crippen LogP contribution in [0.4, 0.5) is 25.2 Å². The smallest absolute Gasteiger partial charge is 0.693 e. The molecule has 3 aliphatic carbocycles. The number of alkyl halides is 2. The van der Waals surface area contributed by atoms with Gasteiger partial charge in [0.15, 0.2) is 0 Å². The molecule has 6 aromatic rings. The van der Waals surface area contributed by atoms with Crippen molar-refractivity contribution in [3.05, 3.63) is 201 Å². The molecule has 9 rings (SSSR count). The summed E-state index contributed by atoms with van der Waals surface area (Å²) in [4.78, 5) is 0. The number of halogens is 8. The fourth-order valence-electron chi connectivity index (χ4n) is 9.38. The summed E-state index contributed by atoms with van der Waals surface area (Å²) in [5.41, 5.74) is 0. The van der Waals surface area contributed by atoms with Gasteiger partial charge in [0.2, 0.25) is 0 Å². The van der Waals surface area contributed by atoms with Crippen molar-refractivity contribution in [2.75, 3.05) is 5.34 Å². The predicted molar refractivity (Wildman–Crippen MR) is 316 cm³/mol. The molecule has 0 heterocycles. The summed E-state index contributed by atoms with van der Waals surface area (Å²) < 4.78 is 59.2. The summed E-state index contributed by atoms with van der Waals surface area (Å²) >= 11 is 9.53. The Hall–Kier alpha value is -1.38. The maximum atomic E-state index is 9.87. The first-order valence-corrected chi connectivity index (χ1v) is 33.3. The SMILES string of the molecule is ClCCl.F[P-](F)(F)(F)(F)F.[Au+].[Au+].[Au+].[C-]#CC1CCCCC1.[C-]#CC1CCCCC1.[C-]#CC1CCCCC1.[Cu+].c1ccc([PH+](c2ccccc2)C([PH+](c2ccccc2)c2ccccc2)[PH+](c2ccccc2)c2ccccc2)cc1. The maximum absolute atomic E-state index is 10.7. The molecule has 0 saturated heterocycles. The molecular formula is C62H69Au3Cl2CuF6P4+3. The van der Waals surface area contributed by atoms with Crippen LogP contribution in [0.3, 0.4) is 0 Å². The van der Waals surface area contributed by atoms with Crippen molar-refractivity contribution in [3.63, 3.8) is 0 Å². The van der Waals surface area contributed by atoms with Crippen LogP contribution < -0.4 is 31.8 Å². The fourth-order valence-corrected chi connectivity index (χ4v) is 25.2. The molecule has 3 aliphatic rings. The van der Waals surface area contributed by atoms with Crippen LogP contribution in [0.5, 0.6) is 0 Å². The topological polar surface area (TPSA) is 0 Å². The summed E-state index contributed by atoms with van der Waals surface area (Å²) in [5, 5.41) is 9.64. The van der Waals surface area contributed by atoms with Crippen molar-refractivity contribution in [2.45, 2.75) is 101 Å². The molecule has 3 fully saturated rings. The van der Waals surface area contributed by atoms with Crippen LogP contribution in [0.1, 0.15) is 96.3 Å². The molecule has 16 heteroatoms. The molecule has 0 N–H and O–H groups in total. The zero-order chi connectivity index (χ0) is 53.6. The Balaban J connectivity index is 0.00000126. The van der Waals surface area contributed by atoms with Crippen molar-refractivity contribution >= 4 is 86.6 Å². The van der Waals surface area contributed by atoms with E-state index in [1.807, 2.05) is 0 Å². The molecule has 0 nitrogen and oxygen atoms in total. The number of hydrogen-bond donors (Lipinski definition) is 0. The van der Waals surface area contributed by atoms with Crippen molar-refractivity contribution in [1.29, 1.82) is 0 Å². The van der Waals surface area contributed by atoms with Gasteiger partial charge in [-0.05, 0) is 129 Å². The molecule has 3 saturated carbocycles. The molecule has 78 heavy (non-hydrogen) atoms. The average molecular weight is 1780 g/mol. The summed E-state index contributed by atoms with van der Waals surface area (Å²) in [5.74, 6) is 9.17. The normalized spacial score (nSPS) is 15.0. The van der Waals surface area contributed by atoms with E-state index in [-0.39, 0.29) is 89.5 Å². The van der Waals surface area contributed by atoms with Crippen LogP contribution >= 0.6 is 54.8 Å². The van der Waals surface area contributed by atoms with Gasteiger partial charge in [-0.25, -0.2) is 0 Å². The Labute approximate surface area is 534 Å². The van der Waals surface area contributed by atoms with Gasteiger partial charge in [-0.15, -0.1) is 23.2 Å². The van der Waals surface area contributed by atoms with E-state index in [1.54, 1.807) is 0 Å². The van der Waals surface area contributed by atoms with Gasteiger partial charge in [-0.3, -0.25) is 0 Å². The molecule has 0 unspecified atom stereocenters. The first-order valence-electron chi connectivity index (χ1n) is 25.4. The Morgan fingerprint density at radius 3 is 0.615 bits per heavy atom. The Kier molecular flexibility index (Phi) is 40.1. The van der Waals surface area contributed by atoms with Gasteiger partial charge in [0, 0.05) is 0 Å². The van der Waals surface area contributed by atoms with Crippen LogP contribution in [0.25, 0.3) is 0 Å². The largest absolute Gasteiger partial charge is 1.00 e. The summed E-state index contributed by atoms with van der Waals surface area (Å²) in [6, 6.07) is 68.4. The van der Waals surface area contributed by atoms with Gasteiger partial charge >= 0.3 is 117 Å². The predicted octanol–water partition coefficient (Wildman–Crippen LogP) is 18.1. The Bertz CT molecular complexity index is 2170. The van der Waals surface area contributed by atoms with E-state index in [0.717, 1.165) is 0 Å². The third-order valence-electron chi connectivity index (χ3n) is 12.8. The minimum atomic E-state index is -10.7. The second-order valence-corrected chi connectivity index (χ2v) is 30.5. The van der Waals surface area contributed by atoms with E-state index in [4.69, 9.17) is 42.5 Å². The molecule has 0 aromatic heterocycles. The van der Waals surface area contributed by atoms with Gasteiger partial charge in [-0.2, -0.15) is 0 Å². The fraction of sp³-hybridized carbons (Fsp3) is 0.323. The molecule has 6 aromatic carbocycles. The molecular weight excluding hydrogens is 1710 g/mol. The minimum Gasteiger partial charge on any atom is -0.693 e. The van der Waals surface area contributed by atoms with Crippen molar-refractivity contribution in [2.24, 2.45) is 17.8 Å². The Morgan fingerprint density at radius 2 is 0.500 bits per heavy atom. The Morgan fingerprint density at radius 1 is 0.359 bits per heavy atom. The molecule has 0 spiro atoms.